The standard InChI is InChI=1S/C8H8O2S.H2/c1-2-10-8(9)6-5-3-4-11-7(5)6;/h2-7H,1H2;1H/t5-,6-,7-;/m1./s1. The van der Waals surface area contributed by atoms with Crippen LogP contribution in [-0.2, 0) is 9.53 Å². The number of carbonyl (C=O) groups excluding carboxylic acids is 1. The summed E-state index contributed by atoms with van der Waals surface area (Å²) in [6, 6.07) is 0. The molecule has 2 nitrogen and oxygen atoms in total. The van der Waals surface area contributed by atoms with E-state index in [-0.39, 0.29) is 13.3 Å². The second-order valence-corrected chi connectivity index (χ2v) is 3.72. The van der Waals surface area contributed by atoms with Crippen molar-refractivity contribution in [2.75, 3.05) is 0 Å². The number of rotatable bonds is 2. The van der Waals surface area contributed by atoms with Gasteiger partial charge in [0.25, 0.3) is 0 Å². The van der Waals surface area contributed by atoms with Crippen molar-refractivity contribution in [1.29, 1.82) is 0 Å². The average Bonchev–Trinajstić information content (AvgIpc) is 2.47. The quantitative estimate of drug-likeness (QED) is 0.467. The fourth-order valence-electron chi connectivity index (χ4n) is 1.39. The Labute approximate surface area is 70.8 Å². The molecule has 0 unspecified atom stereocenters. The first-order valence-corrected chi connectivity index (χ1v) is 4.42. The number of hydrogen-bond donors (Lipinski definition) is 0. The maximum Gasteiger partial charge on any atom is 0.315 e. The summed E-state index contributed by atoms with van der Waals surface area (Å²) in [5, 5.41) is 2.51. The van der Waals surface area contributed by atoms with Gasteiger partial charge in [0, 0.05) is 12.6 Å². The third-order valence-electron chi connectivity index (χ3n) is 2.02. The number of allylic oxidation sites excluding steroid dienone is 1. The monoisotopic (exact) mass is 170 g/mol. The van der Waals surface area contributed by atoms with Gasteiger partial charge < -0.3 is 4.74 Å². The van der Waals surface area contributed by atoms with Crippen molar-refractivity contribution in [3.8, 4) is 0 Å². The summed E-state index contributed by atoms with van der Waals surface area (Å²) in [6.45, 7) is 3.34. The Kier molecular flexibility index (Phi) is 1.53. The number of esters is 1. The van der Waals surface area contributed by atoms with Gasteiger partial charge in [0.05, 0.1) is 12.2 Å². The second-order valence-electron chi connectivity index (χ2n) is 2.64. The van der Waals surface area contributed by atoms with Crippen molar-refractivity contribution in [1.82, 2.24) is 0 Å². The summed E-state index contributed by atoms with van der Waals surface area (Å²) in [7, 11) is 0. The lowest BCUT2D eigenvalue weighted by molar-refractivity contribution is -0.139. The minimum atomic E-state index is -0.133. The number of thioether (sulfide) groups is 1. The van der Waals surface area contributed by atoms with Crippen molar-refractivity contribution in [3.05, 3.63) is 24.3 Å². The van der Waals surface area contributed by atoms with E-state index in [1.54, 1.807) is 11.8 Å². The van der Waals surface area contributed by atoms with Gasteiger partial charge in [0.15, 0.2) is 0 Å². The molecule has 1 aliphatic carbocycles. The van der Waals surface area contributed by atoms with Gasteiger partial charge in [-0.05, 0) is 5.41 Å². The molecular weight excluding hydrogens is 160 g/mol. The van der Waals surface area contributed by atoms with Crippen LogP contribution in [0.2, 0.25) is 0 Å². The molecular formula is C8H10O2S. The van der Waals surface area contributed by atoms with Crippen LogP contribution in [-0.4, -0.2) is 11.2 Å². The third-order valence-corrected chi connectivity index (χ3v) is 3.25. The van der Waals surface area contributed by atoms with Crippen LogP contribution in [0, 0.1) is 11.8 Å². The van der Waals surface area contributed by atoms with E-state index >= 15 is 0 Å². The first-order chi connectivity index (χ1) is 5.34. The van der Waals surface area contributed by atoms with Gasteiger partial charge in [-0.3, -0.25) is 4.79 Å². The third kappa shape index (κ3) is 0.997. The second kappa shape index (κ2) is 2.41. The summed E-state index contributed by atoms with van der Waals surface area (Å²) in [5.74, 6) is 0.405. The highest BCUT2D eigenvalue weighted by molar-refractivity contribution is 8.03. The largest absolute Gasteiger partial charge is 0.435 e. The summed E-state index contributed by atoms with van der Waals surface area (Å²) < 4.78 is 4.68. The maximum atomic E-state index is 11.1. The number of fused-ring (bicyclic) bond motifs is 1. The van der Waals surface area contributed by atoms with E-state index in [4.69, 9.17) is 0 Å². The van der Waals surface area contributed by atoms with Crippen LogP contribution in [0.4, 0.5) is 0 Å². The van der Waals surface area contributed by atoms with E-state index in [1.807, 2.05) is 5.41 Å². The summed E-state index contributed by atoms with van der Waals surface area (Å²) >= 11 is 1.72. The molecule has 0 saturated heterocycles. The lowest BCUT2D eigenvalue weighted by Gasteiger charge is -1.96. The average molecular weight is 170 g/mol. The molecule has 2 aliphatic rings. The van der Waals surface area contributed by atoms with Crippen LogP contribution in [0.15, 0.2) is 24.3 Å². The van der Waals surface area contributed by atoms with Crippen LogP contribution in [0.3, 0.4) is 0 Å². The molecule has 2 rings (SSSR count). The van der Waals surface area contributed by atoms with Crippen LogP contribution in [0.5, 0.6) is 0 Å². The molecule has 1 saturated carbocycles. The molecule has 1 aliphatic heterocycles. The minimum Gasteiger partial charge on any atom is -0.435 e. The van der Waals surface area contributed by atoms with Gasteiger partial charge in [-0.1, -0.05) is 12.7 Å². The topological polar surface area (TPSA) is 26.3 Å². The summed E-state index contributed by atoms with van der Waals surface area (Å²) in [4.78, 5) is 11.1. The van der Waals surface area contributed by atoms with Crippen molar-refractivity contribution >= 4 is 17.7 Å². The molecule has 0 aromatic heterocycles. The zero-order valence-corrected chi connectivity index (χ0v) is 6.71. The Balaban J connectivity index is 0.000000720. The Bertz CT molecular complexity index is 239. The molecule has 1 fully saturated rings. The number of carbonyl (C=O) groups is 1. The molecule has 0 aromatic rings. The molecule has 0 bridgehead atoms. The highest BCUT2D eigenvalue weighted by Crippen LogP contribution is 2.54. The predicted octanol–water partition coefficient (Wildman–Crippen LogP) is 1.79. The maximum absolute atomic E-state index is 11.1. The Morgan fingerprint density at radius 2 is 2.64 bits per heavy atom. The smallest absolute Gasteiger partial charge is 0.315 e. The van der Waals surface area contributed by atoms with Crippen LogP contribution in [0.1, 0.15) is 1.43 Å². The first-order valence-electron chi connectivity index (χ1n) is 3.48. The number of hydrogen-bond acceptors (Lipinski definition) is 3. The van der Waals surface area contributed by atoms with Gasteiger partial charge in [-0.15, -0.1) is 11.8 Å². The van der Waals surface area contributed by atoms with Crippen LogP contribution >= 0.6 is 11.8 Å². The normalized spacial score (nSPS) is 38.0. The van der Waals surface area contributed by atoms with Crippen molar-refractivity contribution < 1.29 is 11.0 Å². The summed E-state index contributed by atoms with van der Waals surface area (Å²) in [5.41, 5.74) is 0. The van der Waals surface area contributed by atoms with E-state index in [0.717, 1.165) is 0 Å². The van der Waals surface area contributed by atoms with E-state index in [9.17, 15) is 4.79 Å². The molecule has 11 heavy (non-hydrogen) atoms. The first kappa shape index (κ1) is 6.98. The van der Waals surface area contributed by atoms with Gasteiger partial charge in [0.1, 0.15) is 0 Å². The molecule has 3 atom stereocenters. The highest BCUT2D eigenvalue weighted by Gasteiger charge is 2.56. The Morgan fingerprint density at radius 1 is 1.82 bits per heavy atom. The van der Waals surface area contributed by atoms with Gasteiger partial charge in [0.2, 0.25) is 0 Å². The SMILES string of the molecule is C=COC(=O)[C@@H]1[C@H]2C=CS[C@H]21.[HH]. The van der Waals surface area contributed by atoms with Crippen LogP contribution in [0.25, 0.3) is 0 Å². The highest BCUT2D eigenvalue weighted by atomic mass is 32.2. The van der Waals surface area contributed by atoms with Gasteiger partial charge in [-0.25, -0.2) is 0 Å². The number of ether oxygens (including phenoxy) is 1. The molecule has 60 valence electrons. The van der Waals surface area contributed by atoms with Crippen LogP contribution < -0.4 is 0 Å². The molecule has 0 amide bonds. The van der Waals surface area contributed by atoms with Gasteiger partial charge >= 0.3 is 5.97 Å². The summed E-state index contributed by atoms with van der Waals surface area (Å²) in [6.07, 6.45) is 3.27. The molecule has 0 N–H and O–H groups in total. The van der Waals surface area contributed by atoms with E-state index in [1.165, 1.54) is 6.26 Å². The lowest BCUT2D eigenvalue weighted by Crippen LogP contribution is -2.05. The Morgan fingerprint density at radius 3 is 3.18 bits per heavy atom. The van der Waals surface area contributed by atoms with E-state index in [0.29, 0.717) is 11.2 Å². The Hall–Kier alpha value is -0.700. The van der Waals surface area contributed by atoms with Gasteiger partial charge in [-0.2, -0.15) is 0 Å². The van der Waals surface area contributed by atoms with E-state index in [2.05, 4.69) is 17.4 Å². The fourth-order valence-corrected chi connectivity index (χ4v) is 2.65. The predicted molar refractivity (Wildman–Crippen MR) is 45.9 cm³/mol. The van der Waals surface area contributed by atoms with E-state index < -0.39 is 0 Å². The van der Waals surface area contributed by atoms with Crippen molar-refractivity contribution in [3.63, 3.8) is 0 Å². The van der Waals surface area contributed by atoms with Crippen molar-refractivity contribution in [2.24, 2.45) is 11.8 Å². The fraction of sp³-hybridized carbons (Fsp3) is 0.375. The molecule has 0 radical (unpaired) electrons. The van der Waals surface area contributed by atoms with Crippen molar-refractivity contribution in [2.45, 2.75) is 5.25 Å². The molecule has 3 heteroatoms. The zero-order valence-electron chi connectivity index (χ0n) is 5.90. The minimum absolute atomic E-state index is 0. The lowest BCUT2D eigenvalue weighted by atomic mass is 10.3. The molecule has 1 heterocycles. The molecule has 0 spiro atoms. The molecule has 0 aromatic carbocycles. The zero-order chi connectivity index (χ0) is 7.84.